The number of rotatable bonds is 6. The Kier molecular flexibility index (Phi) is 4.95. The molecule has 21 heavy (non-hydrogen) atoms. The summed E-state index contributed by atoms with van der Waals surface area (Å²) in [6.07, 6.45) is 3.10. The van der Waals surface area contributed by atoms with E-state index in [0.717, 1.165) is 19.3 Å². The number of hydrogen-bond acceptors (Lipinski definition) is 4. The van der Waals surface area contributed by atoms with E-state index in [1.165, 1.54) is 18.2 Å². The maximum Gasteiger partial charge on any atom is 0.240 e. The molecule has 5 nitrogen and oxygen atoms in total. The predicted octanol–water partition coefficient (Wildman–Crippen LogP) is 1.59. The highest BCUT2D eigenvalue weighted by Gasteiger charge is 2.39. The number of nitrogens with one attached hydrogen (secondary N) is 1. The molecule has 1 saturated carbocycles. The Balaban J connectivity index is 2.15. The van der Waals surface area contributed by atoms with Crippen molar-refractivity contribution in [2.24, 2.45) is 0 Å². The van der Waals surface area contributed by atoms with Crippen LogP contribution in [0.5, 0.6) is 0 Å². The number of likely N-dealkylation sites (N-methyl/N-ethyl adjacent to an activating group) is 1. The van der Waals surface area contributed by atoms with Crippen LogP contribution in [0.3, 0.4) is 0 Å². The lowest BCUT2D eigenvalue weighted by molar-refractivity contribution is 0.0657. The van der Waals surface area contributed by atoms with Gasteiger partial charge in [-0.2, -0.15) is 0 Å². The van der Waals surface area contributed by atoms with E-state index >= 15 is 0 Å². The highest BCUT2D eigenvalue weighted by atomic mass is 35.5. The molecular weight excluding hydrogens is 312 g/mol. The summed E-state index contributed by atoms with van der Waals surface area (Å²) in [5.74, 6) is 0. The summed E-state index contributed by atoms with van der Waals surface area (Å²) in [6.45, 7) is 0.100. The third-order valence-corrected chi connectivity index (χ3v) is 6.09. The van der Waals surface area contributed by atoms with Gasteiger partial charge in [0.1, 0.15) is 0 Å². The summed E-state index contributed by atoms with van der Waals surface area (Å²) in [7, 11) is 0.345. The lowest BCUT2D eigenvalue weighted by Gasteiger charge is -2.47. The maximum absolute atomic E-state index is 12.4. The van der Waals surface area contributed by atoms with Crippen LogP contribution in [-0.2, 0) is 16.6 Å². The monoisotopic (exact) mass is 332 g/mol. The molecule has 2 rings (SSSR count). The molecule has 0 aromatic heterocycles. The third-order valence-electron chi connectivity index (χ3n) is 4.32. The van der Waals surface area contributed by atoms with Crippen molar-refractivity contribution in [3.63, 3.8) is 0 Å². The van der Waals surface area contributed by atoms with Gasteiger partial charge < -0.3 is 10.0 Å². The fourth-order valence-electron chi connectivity index (χ4n) is 2.52. The first-order valence-corrected chi connectivity index (χ1v) is 8.73. The number of benzene rings is 1. The second-order valence-corrected chi connectivity index (χ2v) is 7.88. The summed E-state index contributed by atoms with van der Waals surface area (Å²) >= 11 is 5.89. The fraction of sp³-hybridized carbons (Fsp3) is 0.571. The van der Waals surface area contributed by atoms with E-state index in [1.54, 1.807) is 0 Å². The van der Waals surface area contributed by atoms with Gasteiger partial charge in [0.25, 0.3) is 0 Å². The van der Waals surface area contributed by atoms with Gasteiger partial charge in [-0.15, -0.1) is 0 Å². The largest absolute Gasteiger partial charge is 0.392 e. The second-order valence-electron chi connectivity index (χ2n) is 5.71. The zero-order valence-corrected chi connectivity index (χ0v) is 13.8. The number of halogens is 1. The summed E-state index contributed by atoms with van der Waals surface area (Å²) in [5.41, 5.74) is 0.324. The first-order valence-electron chi connectivity index (χ1n) is 6.87. The Bertz CT molecular complexity index is 613. The van der Waals surface area contributed by atoms with Gasteiger partial charge in [-0.05, 0) is 57.1 Å². The van der Waals surface area contributed by atoms with Crippen molar-refractivity contribution in [3.05, 3.63) is 28.8 Å². The minimum absolute atomic E-state index is 0.0840. The number of aliphatic hydroxyl groups is 1. The van der Waals surface area contributed by atoms with Crippen molar-refractivity contribution in [1.29, 1.82) is 0 Å². The van der Waals surface area contributed by atoms with Gasteiger partial charge in [-0.1, -0.05) is 11.6 Å². The quantitative estimate of drug-likeness (QED) is 0.830. The molecular formula is C14H21ClN2O3S. The molecule has 2 N–H and O–H groups in total. The first kappa shape index (κ1) is 16.7. The smallest absolute Gasteiger partial charge is 0.240 e. The van der Waals surface area contributed by atoms with Gasteiger partial charge in [0.05, 0.1) is 11.5 Å². The SMILES string of the molecule is CN(C)C1(CNS(=O)(=O)c2ccc(Cl)c(CO)c2)CCC1. The van der Waals surface area contributed by atoms with E-state index in [1.807, 2.05) is 14.1 Å². The number of aliphatic hydroxyl groups excluding tert-OH is 1. The van der Waals surface area contributed by atoms with Gasteiger partial charge >= 0.3 is 0 Å². The van der Waals surface area contributed by atoms with Gasteiger partial charge in [0, 0.05) is 17.1 Å². The predicted molar refractivity (Wildman–Crippen MR) is 82.8 cm³/mol. The molecule has 0 saturated heterocycles. The molecule has 0 aliphatic heterocycles. The number of hydrogen-bond donors (Lipinski definition) is 2. The normalized spacial score (nSPS) is 17.8. The Hall–Kier alpha value is -0.660. The molecule has 1 aliphatic rings. The highest BCUT2D eigenvalue weighted by molar-refractivity contribution is 7.89. The van der Waals surface area contributed by atoms with Crippen LogP contribution in [0.1, 0.15) is 24.8 Å². The van der Waals surface area contributed by atoms with Crippen molar-refractivity contribution >= 4 is 21.6 Å². The Labute approximate surface area is 131 Å². The van der Waals surface area contributed by atoms with Crippen LogP contribution in [0.4, 0.5) is 0 Å². The standard InChI is InChI=1S/C14H21ClN2O3S/c1-17(2)14(6-3-7-14)10-16-21(19,20)12-4-5-13(15)11(8-12)9-18/h4-5,8,16,18H,3,6-7,9-10H2,1-2H3. The van der Waals surface area contributed by atoms with Crippen molar-refractivity contribution in [2.45, 2.75) is 36.3 Å². The van der Waals surface area contributed by atoms with Crippen LogP contribution in [0.15, 0.2) is 23.1 Å². The summed E-state index contributed by atoms with van der Waals surface area (Å²) in [6, 6.07) is 4.35. The highest BCUT2D eigenvalue weighted by Crippen LogP contribution is 2.35. The molecule has 0 amide bonds. The van der Waals surface area contributed by atoms with Crippen LogP contribution in [-0.4, -0.2) is 44.6 Å². The topological polar surface area (TPSA) is 69.6 Å². The van der Waals surface area contributed by atoms with E-state index < -0.39 is 10.0 Å². The van der Waals surface area contributed by atoms with E-state index in [9.17, 15) is 13.5 Å². The molecule has 0 unspecified atom stereocenters. The molecule has 0 heterocycles. The molecule has 1 aliphatic carbocycles. The Morgan fingerprint density at radius 3 is 2.52 bits per heavy atom. The van der Waals surface area contributed by atoms with Gasteiger partial charge in [-0.3, -0.25) is 0 Å². The van der Waals surface area contributed by atoms with Crippen LogP contribution in [0.2, 0.25) is 5.02 Å². The van der Waals surface area contributed by atoms with Gasteiger partial charge in [0.15, 0.2) is 0 Å². The van der Waals surface area contributed by atoms with Crippen molar-refractivity contribution in [1.82, 2.24) is 9.62 Å². The average Bonchev–Trinajstić information content (AvgIpc) is 2.37. The van der Waals surface area contributed by atoms with Crippen LogP contribution in [0, 0.1) is 0 Å². The third kappa shape index (κ3) is 3.40. The molecule has 118 valence electrons. The van der Waals surface area contributed by atoms with Crippen LogP contribution in [0.25, 0.3) is 0 Å². The fourth-order valence-corrected chi connectivity index (χ4v) is 3.87. The van der Waals surface area contributed by atoms with E-state index in [4.69, 9.17) is 11.6 Å². The lowest BCUT2D eigenvalue weighted by Crippen LogP contribution is -2.57. The maximum atomic E-state index is 12.4. The molecule has 1 fully saturated rings. The van der Waals surface area contributed by atoms with Crippen molar-refractivity contribution in [3.8, 4) is 0 Å². The van der Waals surface area contributed by atoms with E-state index in [2.05, 4.69) is 9.62 Å². The van der Waals surface area contributed by atoms with E-state index in [-0.39, 0.29) is 17.0 Å². The average molecular weight is 333 g/mol. The zero-order chi connectivity index (χ0) is 15.7. The first-order chi connectivity index (χ1) is 9.81. The van der Waals surface area contributed by atoms with E-state index in [0.29, 0.717) is 17.1 Å². The van der Waals surface area contributed by atoms with Crippen molar-refractivity contribution in [2.75, 3.05) is 20.6 Å². The minimum Gasteiger partial charge on any atom is -0.392 e. The molecule has 0 spiro atoms. The van der Waals surface area contributed by atoms with Crippen LogP contribution >= 0.6 is 11.6 Å². The summed E-state index contributed by atoms with van der Waals surface area (Å²) in [5, 5.41) is 9.54. The lowest BCUT2D eigenvalue weighted by atomic mass is 9.76. The van der Waals surface area contributed by atoms with Gasteiger partial charge in [-0.25, -0.2) is 13.1 Å². The minimum atomic E-state index is -3.60. The number of sulfonamides is 1. The molecule has 1 aromatic rings. The number of nitrogens with zero attached hydrogens (tertiary/aromatic N) is 1. The van der Waals surface area contributed by atoms with Crippen molar-refractivity contribution < 1.29 is 13.5 Å². The summed E-state index contributed by atoms with van der Waals surface area (Å²) < 4.78 is 27.4. The Morgan fingerprint density at radius 1 is 1.38 bits per heavy atom. The van der Waals surface area contributed by atoms with Crippen LogP contribution < -0.4 is 4.72 Å². The molecule has 1 aromatic carbocycles. The second kappa shape index (κ2) is 6.22. The Morgan fingerprint density at radius 2 is 2.05 bits per heavy atom. The zero-order valence-electron chi connectivity index (χ0n) is 12.3. The van der Waals surface area contributed by atoms with Gasteiger partial charge in [0.2, 0.25) is 10.0 Å². The summed E-state index contributed by atoms with van der Waals surface area (Å²) in [4.78, 5) is 2.21. The molecule has 0 bridgehead atoms. The molecule has 0 atom stereocenters. The molecule has 7 heteroatoms. The molecule has 0 radical (unpaired) electrons.